The first-order valence-corrected chi connectivity index (χ1v) is 7.97. The van der Waals surface area contributed by atoms with Crippen LogP contribution in [0.4, 0.5) is 32.0 Å². The van der Waals surface area contributed by atoms with Crippen LogP contribution >= 0.6 is 23.8 Å². The monoisotopic (exact) mass is 419 g/mol. The quantitative estimate of drug-likeness (QED) is 0.565. The predicted octanol–water partition coefficient (Wildman–Crippen LogP) is 3.81. The summed E-state index contributed by atoms with van der Waals surface area (Å²) in [6.45, 7) is 0.252. The number of alkyl halides is 6. The molecule has 1 atom stereocenters. The molecule has 1 aromatic carbocycles. The Morgan fingerprint density at radius 3 is 2.46 bits per heavy atom. The van der Waals surface area contributed by atoms with Crippen molar-refractivity contribution in [2.45, 2.75) is 24.8 Å². The molecule has 1 heterocycles. The summed E-state index contributed by atoms with van der Waals surface area (Å²) in [5.74, 6) is -2.05. The predicted molar refractivity (Wildman–Crippen MR) is 86.9 cm³/mol. The van der Waals surface area contributed by atoms with Gasteiger partial charge in [-0.05, 0) is 36.8 Å². The van der Waals surface area contributed by atoms with Crippen molar-refractivity contribution in [1.29, 1.82) is 0 Å². The molecule has 0 aromatic heterocycles. The lowest BCUT2D eigenvalue weighted by Gasteiger charge is -2.21. The van der Waals surface area contributed by atoms with E-state index >= 15 is 0 Å². The number of benzene rings is 1. The minimum absolute atomic E-state index is 0.00731. The highest BCUT2D eigenvalue weighted by Gasteiger charge is 2.41. The van der Waals surface area contributed by atoms with E-state index in [2.05, 4.69) is 5.32 Å². The number of thiocarbonyl (C=S) groups is 1. The second-order valence-corrected chi connectivity index (χ2v) is 6.32. The van der Waals surface area contributed by atoms with Crippen LogP contribution in [-0.4, -0.2) is 41.2 Å². The molecule has 26 heavy (non-hydrogen) atoms. The van der Waals surface area contributed by atoms with Crippen LogP contribution in [0.1, 0.15) is 12.0 Å². The molecule has 1 fully saturated rings. The van der Waals surface area contributed by atoms with Gasteiger partial charge in [-0.25, -0.2) is 0 Å². The Hall–Kier alpha value is -1.75. The van der Waals surface area contributed by atoms with Crippen molar-refractivity contribution in [3.05, 3.63) is 28.8 Å². The highest BCUT2D eigenvalue weighted by atomic mass is 35.5. The zero-order chi connectivity index (χ0) is 19.7. The van der Waals surface area contributed by atoms with Crippen LogP contribution in [0.25, 0.3) is 0 Å². The maximum Gasteiger partial charge on any atom is 0.471 e. The van der Waals surface area contributed by atoms with Gasteiger partial charge in [0, 0.05) is 24.8 Å². The number of anilines is 1. The highest BCUT2D eigenvalue weighted by molar-refractivity contribution is 7.80. The molecule has 2 rings (SSSR count). The SMILES string of the molecule is O=C(NC1CCN(C(=S)Nc2ccc(Cl)c(C(F)(F)F)c2)C1)C(F)(F)F. The van der Waals surface area contributed by atoms with Gasteiger partial charge >= 0.3 is 18.3 Å². The maximum absolute atomic E-state index is 12.8. The van der Waals surface area contributed by atoms with Crippen molar-refractivity contribution in [3.8, 4) is 0 Å². The second kappa shape index (κ2) is 7.47. The van der Waals surface area contributed by atoms with Crippen molar-refractivity contribution < 1.29 is 31.1 Å². The summed E-state index contributed by atoms with van der Waals surface area (Å²) in [6.07, 6.45) is -9.40. The number of nitrogens with one attached hydrogen (secondary N) is 2. The Balaban J connectivity index is 1.98. The average molecular weight is 420 g/mol. The molecule has 0 saturated carbocycles. The molecule has 1 unspecified atom stereocenters. The molecule has 2 N–H and O–H groups in total. The summed E-state index contributed by atoms with van der Waals surface area (Å²) in [6, 6.07) is 2.38. The molecule has 1 aromatic rings. The number of carbonyl (C=O) groups excluding carboxylic acids is 1. The number of nitrogens with zero attached hydrogens (tertiary/aromatic N) is 1. The Labute approximate surface area is 154 Å². The van der Waals surface area contributed by atoms with Crippen molar-refractivity contribution in [2.24, 2.45) is 0 Å². The van der Waals surface area contributed by atoms with Gasteiger partial charge in [0.05, 0.1) is 10.6 Å². The lowest BCUT2D eigenvalue weighted by atomic mass is 10.2. The number of rotatable bonds is 2. The molecular formula is C14H12ClF6N3OS. The highest BCUT2D eigenvalue weighted by Crippen LogP contribution is 2.36. The number of likely N-dealkylation sites (tertiary alicyclic amines) is 1. The van der Waals surface area contributed by atoms with E-state index in [4.69, 9.17) is 23.8 Å². The van der Waals surface area contributed by atoms with Crippen LogP contribution in [0.2, 0.25) is 5.02 Å². The van der Waals surface area contributed by atoms with Crippen LogP contribution in [0.5, 0.6) is 0 Å². The molecule has 4 nitrogen and oxygen atoms in total. The van der Waals surface area contributed by atoms with Gasteiger partial charge in [0.15, 0.2) is 5.11 Å². The van der Waals surface area contributed by atoms with Crippen molar-refractivity contribution >= 4 is 40.5 Å². The molecule has 1 saturated heterocycles. The number of hydrogen-bond donors (Lipinski definition) is 2. The van der Waals surface area contributed by atoms with Gasteiger partial charge in [-0.2, -0.15) is 26.3 Å². The molecule has 0 radical (unpaired) electrons. The minimum Gasteiger partial charge on any atom is -0.347 e. The molecule has 0 bridgehead atoms. The third-order valence-electron chi connectivity index (χ3n) is 3.59. The smallest absolute Gasteiger partial charge is 0.347 e. The van der Waals surface area contributed by atoms with E-state index in [1.807, 2.05) is 5.32 Å². The summed E-state index contributed by atoms with van der Waals surface area (Å²) in [4.78, 5) is 12.4. The summed E-state index contributed by atoms with van der Waals surface area (Å²) in [7, 11) is 0. The van der Waals surface area contributed by atoms with Crippen LogP contribution in [0.15, 0.2) is 18.2 Å². The lowest BCUT2D eigenvalue weighted by molar-refractivity contribution is -0.174. The minimum atomic E-state index is -4.98. The zero-order valence-corrected chi connectivity index (χ0v) is 14.4. The van der Waals surface area contributed by atoms with Gasteiger partial charge in [0.1, 0.15) is 0 Å². The largest absolute Gasteiger partial charge is 0.471 e. The van der Waals surface area contributed by atoms with Gasteiger partial charge in [-0.1, -0.05) is 11.6 Å². The Bertz CT molecular complexity index is 709. The molecule has 1 amide bonds. The molecule has 12 heteroatoms. The van der Waals surface area contributed by atoms with E-state index in [9.17, 15) is 31.1 Å². The zero-order valence-electron chi connectivity index (χ0n) is 12.8. The fourth-order valence-corrected chi connectivity index (χ4v) is 2.86. The summed E-state index contributed by atoms with van der Waals surface area (Å²) >= 11 is 10.6. The first kappa shape index (κ1) is 20.6. The van der Waals surface area contributed by atoms with Gasteiger partial charge in [0.2, 0.25) is 0 Å². The first-order chi connectivity index (χ1) is 11.9. The molecule has 144 valence electrons. The molecule has 0 aliphatic carbocycles. The Morgan fingerprint density at radius 1 is 1.23 bits per heavy atom. The molecule has 1 aliphatic rings. The van der Waals surface area contributed by atoms with E-state index in [1.165, 1.54) is 11.0 Å². The standard InChI is InChI=1S/C14H12ClF6N3OS/c15-10-2-1-7(5-9(10)13(16,17)18)23-12(26)24-4-3-8(6-24)22-11(25)14(19,20)21/h1-2,5,8H,3-4,6H2,(H,22,25)(H,23,26). The van der Waals surface area contributed by atoms with Crippen LogP contribution in [0.3, 0.4) is 0 Å². The number of carbonyl (C=O) groups is 1. The van der Waals surface area contributed by atoms with E-state index in [1.54, 1.807) is 0 Å². The van der Waals surface area contributed by atoms with Gasteiger partial charge in [0.25, 0.3) is 0 Å². The van der Waals surface area contributed by atoms with Crippen molar-refractivity contribution in [1.82, 2.24) is 10.2 Å². The topological polar surface area (TPSA) is 44.4 Å². The third kappa shape index (κ3) is 5.13. The number of halogens is 7. The fourth-order valence-electron chi connectivity index (χ4n) is 2.35. The van der Waals surface area contributed by atoms with Gasteiger partial charge < -0.3 is 15.5 Å². The molecular weight excluding hydrogens is 408 g/mol. The van der Waals surface area contributed by atoms with Crippen LogP contribution < -0.4 is 10.6 Å². The lowest BCUT2D eigenvalue weighted by Crippen LogP contribution is -2.45. The summed E-state index contributed by atoms with van der Waals surface area (Å²) < 4.78 is 75.3. The second-order valence-electron chi connectivity index (χ2n) is 5.53. The Kier molecular flexibility index (Phi) is 5.91. The van der Waals surface area contributed by atoms with Crippen molar-refractivity contribution in [2.75, 3.05) is 18.4 Å². The van der Waals surface area contributed by atoms with Crippen LogP contribution in [-0.2, 0) is 11.0 Å². The summed E-state index contributed by atoms with van der Waals surface area (Å²) in [5, 5.41) is 4.00. The average Bonchev–Trinajstić information content (AvgIpc) is 2.95. The van der Waals surface area contributed by atoms with E-state index < -0.39 is 34.9 Å². The molecule has 0 spiro atoms. The fraction of sp³-hybridized carbons (Fsp3) is 0.429. The number of amides is 1. The maximum atomic E-state index is 12.8. The van der Waals surface area contributed by atoms with Gasteiger partial charge in [-0.3, -0.25) is 4.79 Å². The number of hydrogen-bond acceptors (Lipinski definition) is 2. The Morgan fingerprint density at radius 2 is 1.88 bits per heavy atom. The summed E-state index contributed by atoms with van der Waals surface area (Å²) in [5.41, 5.74) is -1.00. The van der Waals surface area contributed by atoms with Gasteiger partial charge in [-0.15, -0.1) is 0 Å². The van der Waals surface area contributed by atoms with E-state index in [-0.39, 0.29) is 30.3 Å². The van der Waals surface area contributed by atoms with E-state index in [0.29, 0.717) is 0 Å². The molecule has 1 aliphatic heterocycles. The van der Waals surface area contributed by atoms with E-state index in [0.717, 1.165) is 12.1 Å². The van der Waals surface area contributed by atoms with Crippen molar-refractivity contribution in [3.63, 3.8) is 0 Å². The third-order valence-corrected chi connectivity index (χ3v) is 4.28. The van der Waals surface area contributed by atoms with Crippen LogP contribution in [0, 0.1) is 0 Å². The first-order valence-electron chi connectivity index (χ1n) is 7.18. The normalized spacial score (nSPS) is 18.0.